The van der Waals surface area contributed by atoms with Gasteiger partial charge in [0.1, 0.15) is 17.7 Å². The molecule has 1 saturated heterocycles. The van der Waals surface area contributed by atoms with Crippen molar-refractivity contribution in [2.24, 2.45) is 23.2 Å². The lowest BCUT2D eigenvalue weighted by atomic mass is 9.48. The van der Waals surface area contributed by atoms with Crippen molar-refractivity contribution in [1.82, 2.24) is 14.5 Å². The minimum absolute atomic E-state index is 0.0757. The van der Waals surface area contributed by atoms with Crippen molar-refractivity contribution >= 4 is 23.1 Å². The lowest BCUT2D eigenvalue weighted by Gasteiger charge is -2.57. The molecule has 1 N–H and O–H groups in total. The molecular weight excluding hydrogens is 413 g/mol. The van der Waals surface area contributed by atoms with Gasteiger partial charge in [0.05, 0.1) is 22.5 Å². The molecule has 170 valence electrons. The second-order valence-electron chi connectivity index (χ2n) is 10.5. The SMILES string of the molecule is Cc1nc2cc(F)ccc2n1[C@H]1CCN(C(=O)OC2C3CC4CC2CC(C(=O)O)(C4)C3)C1. The molecule has 4 bridgehead atoms. The highest BCUT2D eigenvalue weighted by atomic mass is 19.1. The van der Waals surface area contributed by atoms with Crippen molar-refractivity contribution in [3.63, 3.8) is 0 Å². The van der Waals surface area contributed by atoms with E-state index in [0.29, 0.717) is 37.4 Å². The fourth-order valence-corrected chi connectivity index (χ4v) is 7.39. The molecule has 7 nitrogen and oxygen atoms in total. The Kier molecular flexibility index (Phi) is 4.33. The van der Waals surface area contributed by atoms with Crippen molar-refractivity contribution in [3.05, 3.63) is 29.8 Å². The predicted octanol–water partition coefficient (Wildman–Crippen LogP) is 4.15. The van der Waals surface area contributed by atoms with Gasteiger partial charge in [-0.3, -0.25) is 4.79 Å². The minimum atomic E-state index is -0.674. The topological polar surface area (TPSA) is 84.7 Å². The second-order valence-corrected chi connectivity index (χ2v) is 10.5. The molecule has 1 aromatic heterocycles. The van der Waals surface area contributed by atoms with Crippen molar-refractivity contribution in [2.75, 3.05) is 13.1 Å². The summed E-state index contributed by atoms with van der Waals surface area (Å²) in [5.41, 5.74) is 0.908. The molecule has 32 heavy (non-hydrogen) atoms. The van der Waals surface area contributed by atoms with Crippen molar-refractivity contribution in [2.45, 2.75) is 57.6 Å². The number of rotatable bonds is 3. The first kappa shape index (κ1) is 20.0. The van der Waals surface area contributed by atoms with E-state index in [1.807, 2.05) is 6.92 Å². The van der Waals surface area contributed by atoms with Crippen LogP contribution < -0.4 is 0 Å². The van der Waals surface area contributed by atoms with Gasteiger partial charge in [-0.05, 0) is 75.3 Å². The molecule has 2 heterocycles. The number of carboxylic acids is 1. The molecule has 1 aliphatic heterocycles. The van der Waals surface area contributed by atoms with Crippen LogP contribution in [0.15, 0.2) is 18.2 Å². The largest absolute Gasteiger partial charge is 0.481 e. The highest BCUT2D eigenvalue weighted by Gasteiger charge is 2.60. The Labute approximate surface area is 185 Å². The van der Waals surface area contributed by atoms with Crippen LogP contribution in [0.3, 0.4) is 0 Å². The number of fused-ring (bicyclic) bond motifs is 1. The molecule has 2 unspecified atom stereocenters. The molecule has 2 aromatic rings. The predicted molar refractivity (Wildman–Crippen MR) is 114 cm³/mol. The van der Waals surface area contributed by atoms with Crippen LogP contribution >= 0.6 is 0 Å². The number of ether oxygens (including phenoxy) is 1. The Morgan fingerprint density at radius 2 is 1.97 bits per heavy atom. The van der Waals surface area contributed by atoms with Gasteiger partial charge in [0.2, 0.25) is 0 Å². The van der Waals surface area contributed by atoms with Crippen LogP contribution in [-0.4, -0.2) is 50.8 Å². The van der Waals surface area contributed by atoms with Crippen molar-refractivity contribution in [1.29, 1.82) is 0 Å². The number of benzene rings is 1. The summed E-state index contributed by atoms with van der Waals surface area (Å²) in [6.07, 6.45) is 4.34. The number of hydrogen-bond donors (Lipinski definition) is 1. The third-order valence-corrected chi connectivity index (χ3v) is 8.49. The fraction of sp³-hybridized carbons (Fsp3) is 0.625. The molecule has 8 heteroatoms. The lowest BCUT2D eigenvalue weighted by Crippen LogP contribution is -2.57. The molecule has 0 radical (unpaired) electrons. The van der Waals surface area contributed by atoms with Gasteiger partial charge in [-0.1, -0.05) is 0 Å². The fourth-order valence-electron chi connectivity index (χ4n) is 7.39. The summed E-state index contributed by atoms with van der Waals surface area (Å²) >= 11 is 0. The highest BCUT2D eigenvalue weighted by molar-refractivity contribution is 5.77. The summed E-state index contributed by atoms with van der Waals surface area (Å²) in [6.45, 7) is 3.05. The van der Waals surface area contributed by atoms with Gasteiger partial charge >= 0.3 is 12.1 Å². The summed E-state index contributed by atoms with van der Waals surface area (Å²) in [5.74, 6) is 0.609. The first-order valence-corrected chi connectivity index (χ1v) is 11.7. The lowest BCUT2D eigenvalue weighted by molar-refractivity contribution is -0.179. The summed E-state index contributed by atoms with van der Waals surface area (Å²) in [5, 5.41) is 9.81. The maximum absolute atomic E-state index is 13.6. The zero-order valence-corrected chi connectivity index (χ0v) is 18.2. The van der Waals surface area contributed by atoms with Gasteiger partial charge in [0.25, 0.3) is 0 Å². The molecule has 4 saturated carbocycles. The highest BCUT2D eigenvalue weighted by Crippen LogP contribution is 2.60. The Morgan fingerprint density at radius 3 is 2.69 bits per heavy atom. The molecular formula is C24H28FN3O4. The van der Waals surface area contributed by atoms with E-state index in [2.05, 4.69) is 9.55 Å². The summed E-state index contributed by atoms with van der Waals surface area (Å²) in [6, 6.07) is 4.71. The average molecular weight is 442 g/mol. The van der Waals surface area contributed by atoms with Gasteiger partial charge in [0.15, 0.2) is 0 Å². The summed E-state index contributed by atoms with van der Waals surface area (Å²) in [4.78, 5) is 31.3. The van der Waals surface area contributed by atoms with E-state index in [1.165, 1.54) is 12.1 Å². The number of aryl methyl sites for hydroxylation is 1. The van der Waals surface area contributed by atoms with Crippen molar-refractivity contribution < 1.29 is 23.8 Å². The second kappa shape index (κ2) is 6.93. The van der Waals surface area contributed by atoms with E-state index in [0.717, 1.165) is 37.0 Å². The minimum Gasteiger partial charge on any atom is -0.481 e. The first-order chi connectivity index (χ1) is 15.3. The third-order valence-electron chi connectivity index (χ3n) is 8.49. The summed E-state index contributed by atoms with van der Waals surface area (Å²) < 4.78 is 21.7. The van der Waals surface area contributed by atoms with E-state index in [4.69, 9.17) is 4.74 Å². The molecule has 0 spiro atoms. The number of amides is 1. The van der Waals surface area contributed by atoms with Crippen LogP contribution in [0.5, 0.6) is 0 Å². The van der Waals surface area contributed by atoms with Gasteiger partial charge < -0.3 is 19.3 Å². The Bertz CT molecular complexity index is 1100. The number of carbonyl (C=O) groups excluding carboxylic acids is 1. The van der Waals surface area contributed by atoms with Crippen molar-refractivity contribution in [3.8, 4) is 0 Å². The number of aromatic nitrogens is 2. The van der Waals surface area contributed by atoms with E-state index in [1.54, 1.807) is 11.0 Å². The number of nitrogens with zero attached hydrogens (tertiary/aromatic N) is 3. The quantitative estimate of drug-likeness (QED) is 0.774. The van der Waals surface area contributed by atoms with Crippen LogP contribution in [-0.2, 0) is 9.53 Å². The number of halogens is 1. The molecule has 3 atom stereocenters. The van der Waals surface area contributed by atoms with Crippen LogP contribution in [0.1, 0.15) is 50.4 Å². The van der Waals surface area contributed by atoms with Crippen LogP contribution in [0.2, 0.25) is 0 Å². The monoisotopic (exact) mass is 441 g/mol. The average Bonchev–Trinajstić information content (AvgIpc) is 3.33. The maximum Gasteiger partial charge on any atom is 0.410 e. The molecule has 5 aliphatic rings. The molecule has 1 amide bonds. The van der Waals surface area contributed by atoms with Gasteiger partial charge in [0, 0.05) is 19.2 Å². The van der Waals surface area contributed by atoms with E-state index in [-0.39, 0.29) is 35.9 Å². The van der Waals surface area contributed by atoms with E-state index < -0.39 is 11.4 Å². The standard InChI is InChI=1S/C24H28FN3O4/c1-13-26-19-8-17(25)2-3-20(19)28(13)18-4-5-27(12-18)23(31)32-21-15-6-14-7-16(21)11-24(9-14,10-15)22(29)30/h2-3,8,14-16,18,21H,4-7,9-12H2,1H3,(H,29,30)/t14?,15?,16?,18-,21?,24?/m0/s1. The Balaban J connectivity index is 1.16. The smallest absolute Gasteiger partial charge is 0.410 e. The number of aliphatic carboxylic acids is 1. The van der Waals surface area contributed by atoms with Gasteiger partial charge in [-0.25, -0.2) is 14.2 Å². The Morgan fingerprint density at radius 1 is 1.22 bits per heavy atom. The number of likely N-dealkylation sites (tertiary alicyclic amines) is 1. The maximum atomic E-state index is 13.6. The van der Waals surface area contributed by atoms with E-state index >= 15 is 0 Å². The van der Waals surface area contributed by atoms with Crippen LogP contribution in [0.4, 0.5) is 9.18 Å². The third kappa shape index (κ3) is 2.94. The van der Waals surface area contributed by atoms with Crippen LogP contribution in [0.25, 0.3) is 11.0 Å². The van der Waals surface area contributed by atoms with Crippen LogP contribution in [0, 0.1) is 35.9 Å². The Hall–Kier alpha value is -2.64. The zero-order chi connectivity index (χ0) is 22.2. The number of imidazole rings is 1. The number of carbonyl (C=O) groups is 2. The molecule has 7 rings (SSSR count). The number of hydrogen-bond acceptors (Lipinski definition) is 4. The van der Waals surface area contributed by atoms with Gasteiger partial charge in [-0.2, -0.15) is 0 Å². The van der Waals surface area contributed by atoms with Gasteiger partial charge in [-0.15, -0.1) is 0 Å². The first-order valence-electron chi connectivity index (χ1n) is 11.7. The molecule has 4 aliphatic carbocycles. The zero-order valence-electron chi connectivity index (χ0n) is 18.2. The summed E-state index contributed by atoms with van der Waals surface area (Å²) in [7, 11) is 0. The van der Waals surface area contributed by atoms with E-state index in [9.17, 15) is 19.1 Å². The normalized spacial score (nSPS) is 35.6. The number of carboxylic acid groups (broad SMARTS) is 1. The molecule has 1 aromatic carbocycles. The molecule has 5 fully saturated rings.